The maximum atomic E-state index is 12.1. The molecule has 0 bridgehead atoms. The lowest BCUT2D eigenvalue weighted by Crippen LogP contribution is -2.37. The van der Waals surface area contributed by atoms with Crippen LogP contribution in [0, 0.1) is 11.8 Å². The Kier molecular flexibility index (Phi) is 4.46. The lowest BCUT2D eigenvalue weighted by Gasteiger charge is -2.38. The maximum absolute atomic E-state index is 12.1. The summed E-state index contributed by atoms with van der Waals surface area (Å²) in [5, 5.41) is 9.20. The summed E-state index contributed by atoms with van der Waals surface area (Å²) < 4.78 is 0. The molecule has 0 aromatic heterocycles. The highest BCUT2D eigenvalue weighted by Crippen LogP contribution is 2.34. The highest BCUT2D eigenvalue weighted by molar-refractivity contribution is 5.96. The van der Waals surface area contributed by atoms with Gasteiger partial charge in [-0.3, -0.25) is 4.79 Å². The van der Waals surface area contributed by atoms with E-state index in [2.05, 4.69) is 11.5 Å². The molecule has 1 unspecified atom stereocenters. The summed E-state index contributed by atoms with van der Waals surface area (Å²) in [6.45, 7) is 10.2. The number of likely N-dealkylation sites (tertiary alicyclic amines) is 1. The molecular weight excluding hydrogens is 238 g/mol. The van der Waals surface area contributed by atoms with Gasteiger partial charge in [0.15, 0.2) is 5.78 Å². The van der Waals surface area contributed by atoms with Crippen molar-refractivity contribution in [2.45, 2.75) is 39.5 Å². The first-order valence-electron chi connectivity index (χ1n) is 7.27. The van der Waals surface area contributed by atoms with Crippen molar-refractivity contribution in [1.82, 2.24) is 4.90 Å². The largest absolute Gasteiger partial charge is 0.396 e. The molecule has 1 aliphatic carbocycles. The van der Waals surface area contributed by atoms with Crippen molar-refractivity contribution in [3.63, 3.8) is 0 Å². The number of rotatable bonds is 3. The normalized spacial score (nSPS) is 25.9. The van der Waals surface area contributed by atoms with Crippen LogP contribution in [-0.4, -0.2) is 35.5 Å². The molecule has 2 rings (SSSR count). The number of carbonyl (C=O) groups is 1. The quantitative estimate of drug-likeness (QED) is 0.795. The molecular formula is C16H25NO2. The summed E-state index contributed by atoms with van der Waals surface area (Å²) in [6, 6.07) is 0. The van der Waals surface area contributed by atoms with Crippen molar-refractivity contribution in [2.75, 3.05) is 19.7 Å². The van der Waals surface area contributed by atoms with Crippen LogP contribution in [0.5, 0.6) is 0 Å². The first kappa shape index (κ1) is 14.3. The average Bonchev–Trinajstić information content (AvgIpc) is 2.41. The molecule has 0 aromatic carbocycles. The van der Waals surface area contributed by atoms with E-state index in [0.29, 0.717) is 24.9 Å². The fourth-order valence-corrected chi connectivity index (χ4v) is 3.10. The number of hydrogen-bond acceptors (Lipinski definition) is 3. The fourth-order valence-electron chi connectivity index (χ4n) is 3.10. The average molecular weight is 263 g/mol. The zero-order valence-electron chi connectivity index (χ0n) is 12.1. The molecule has 1 fully saturated rings. The summed E-state index contributed by atoms with van der Waals surface area (Å²) in [5.74, 6) is 1.02. The Bertz CT molecular complexity index is 403. The Morgan fingerprint density at radius 1 is 1.37 bits per heavy atom. The molecule has 0 amide bonds. The number of aliphatic hydroxyl groups excluding tert-OH is 1. The first-order valence-corrected chi connectivity index (χ1v) is 7.27. The minimum absolute atomic E-state index is 0.276. The number of ketones is 1. The minimum atomic E-state index is 0.276. The maximum Gasteiger partial charge on any atom is 0.160 e. The van der Waals surface area contributed by atoms with Gasteiger partial charge in [-0.1, -0.05) is 12.2 Å². The third-order valence-corrected chi connectivity index (χ3v) is 4.67. The van der Waals surface area contributed by atoms with Gasteiger partial charge in [0.05, 0.1) is 0 Å². The number of piperidine rings is 1. The molecule has 1 saturated heterocycles. The zero-order chi connectivity index (χ0) is 14.0. The van der Waals surface area contributed by atoms with Gasteiger partial charge >= 0.3 is 0 Å². The summed E-state index contributed by atoms with van der Waals surface area (Å²) in [7, 11) is 0. The van der Waals surface area contributed by atoms with E-state index in [4.69, 9.17) is 0 Å². The molecule has 0 spiro atoms. The summed E-state index contributed by atoms with van der Waals surface area (Å²) in [4.78, 5) is 14.5. The monoisotopic (exact) mass is 263 g/mol. The Hall–Kier alpha value is -1.09. The predicted molar refractivity (Wildman–Crippen MR) is 76.6 cm³/mol. The number of carbonyl (C=O) groups excluding carboxylic acids is 1. The van der Waals surface area contributed by atoms with E-state index >= 15 is 0 Å². The summed E-state index contributed by atoms with van der Waals surface area (Å²) in [5.41, 5.74) is 3.28. The number of hydrogen-bond donors (Lipinski definition) is 1. The van der Waals surface area contributed by atoms with Gasteiger partial charge in [0.25, 0.3) is 0 Å². The Morgan fingerprint density at radius 2 is 2.00 bits per heavy atom. The molecule has 3 nitrogen and oxygen atoms in total. The predicted octanol–water partition coefficient (Wildman–Crippen LogP) is 2.52. The molecule has 0 aromatic rings. The van der Waals surface area contributed by atoms with Crippen LogP contribution in [0.25, 0.3) is 0 Å². The molecule has 0 saturated carbocycles. The van der Waals surface area contributed by atoms with Crippen molar-refractivity contribution in [3.8, 4) is 0 Å². The Morgan fingerprint density at radius 3 is 2.53 bits per heavy atom. The number of aliphatic hydroxyl groups is 1. The molecule has 3 heteroatoms. The molecule has 19 heavy (non-hydrogen) atoms. The molecule has 1 atom stereocenters. The molecule has 0 radical (unpaired) electrons. The SMILES string of the molecule is C=C(C)C1CC(=O)C(C)=C(N2CCC(CO)CC2)C1. The molecule has 106 valence electrons. The third kappa shape index (κ3) is 3.08. The van der Waals surface area contributed by atoms with Crippen molar-refractivity contribution in [2.24, 2.45) is 11.8 Å². The van der Waals surface area contributed by atoms with Crippen LogP contribution in [-0.2, 0) is 4.79 Å². The second-order valence-electron chi connectivity index (χ2n) is 6.06. The lowest BCUT2D eigenvalue weighted by molar-refractivity contribution is -0.116. The standard InChI is InChI=1S/C16H25NO2/c1-11(2)14-8-15(12(3)16(19)9-14)17-6-4-13(10-18)5-7-17/h13-14,18H,1,4-10H2,2-3H3. The van der Waals surface area contributed by atoms with Crippen LogP contribution in [0.4, 0.5) is 0 Å². The van der Waals surface area contributed by atoms with Gasteiger partial charge in [0.1, 0.15) is 0 Å². The van der Waals surface area contributed by atoms with Crippen molar-refractivity contribution >= 4 is 5.78 Å². The first-order chi connectivity index (χ1) is 9.02. The van der Waals surface area contributed by atoms with Crippen molar-refractivity contribution in [3.05, 3.63) is 23.4 Å². The van der Waals surface area contributed by atoms with E-state index in [0.717, 1.165) is 43.5 Å². The Balaban J connectivity index is 2.11. The van der Waals surface area contributed by atoms with Gasteiger partial charge in [-0.2, -0.15) is 0 Å². The minimum Gasteiger partial charge on any atom is -0.396 e. The molecule has 1 heterocycles. The van der Waals surface area contributed by atoms with Crippen molar-refractivity contribution < 1.29 is 9.90 Å². The van der Waals surface area contributed by atoms with E-state index < -0.39 is 0 Å². The Labute approximate surface area is 116 Å². The highest BCUT2D eigenvalue weighted by atomic mass is 16.3. The van der Waals surface area contributed by atoms with Gasteiger partial charge in [-0.25, -0.2) is 0 Å². The molecule has 1 N–H and O–H groups in total. The molecule has 2 aliphatic rings. The van der Waals surface area contributed by atoms with Gasteiger partial charge in [0.2, 0.25) is 0 Å². The van der Waals surface area contributed by atoms with E-state index in [1.165, 1.54) is 5.70 Å². The van der Waals surface area contributed by atoms with Crippen molar-refractivity contribution in [1.29, 1.82) is 0 Å². The highest BCUT2D eigenvalue weighted by Gasteiger charge is 2.30. The number of allylic oxidation sites excluding steroid dienone is 3. The lowest BCUT2D eigenvalue weighted by atomic mass is 9.82. The van der Waals surface area contributed by atoms with Gasteiger partial charge in [-0.15, -0.1) is 0 Å². The molecule has 1 aliphatic heterocycles. The van der Waals surface area contributed by atoms with Crippen LogP contribution in [0.3, 0.4) is 0 Å². The second kappa shape index (κ2) is 5.91. The third-order valence-electron chi connectivity index (χ3n) is 4.67. The van der Waals surface area contributed by atoms with E-state index in [-0.39, 0.29) is 5.78 Å². The van der Waals surface area contributed by atoms with Gasteiger partial charge in [-0.05, 0) is 44.9 Å². The van der Waals surface area contributed by atoms with Gasteiger partial charge in [0, 0.05) is 37.4 Å². The summed E-state index contributed by atoms with van der Waals surface area (Å²) in [6.07, 6.45) is 3.63. The topological polar surface area (TPSA) is 40.5 Å². The van der Waals surface area contributed by atoms with Crippen LogP contribution < -0.4 is 0 Å². The van der Waals surface area contributed by atoms with Crippen LogP contribution in [0.15, 0.2) is 23.4 Å². The van der Waals surface area contributed by atoms with Crippen LogP contribution >= 0.6 is 0 Å². The van der Waals surface area contributed by atoms with E-state index in [1.54, 1.807) is 0 Å². The zero-order valence-corrected chi connectivity index (χ0v) is 12.1. The number of nitrogens with zero attached hydrogens (tertiary/aromatic N) is 1. The van der Waals surface area contributed by atoms with Gasteiger partial charge < -0.3 is 10.0 Å². The fraction of sp³-hybridized carbons (Fsp3) is 0.688. The number of Topliss-reactive ketones (excluding diaryl/α,β-unsaturated/α-hetero) is 1. The van der Waals surface area contributed by atoms with E-state index in [9.17, 15) is 9.90 Å². The summed E-state index contributed by atoms with van der Waals surface area (Å²) >= 11 is 0. The van der Waals surface area contributed by atoms with Crippen LogP contribution in [0.2, 0.25) is 0 Å². The van der Waals surface area contributed by atoms with Crippen LogP contribution in [0.1, 0.15) is 39.5 Å². The second-order valence-corrected chi connectivity index (χ2v) is 6.06. The van der Waals surface area contributed by atoms with E-state index in [1.807, 2.05) is 13.8 Å². The smallest absolute Gasteiger partial charge is 0.160 e.